The summed E-state index contributed by atoms with van der Waals surface area (Å²) in [4.78, 5) is 8.13. The van der Waals surface area contributed by atoms with Gasteiger partial charge in [0, 0.05) is 12.0 Å². The number of pyridine rings is 1. The van der Waals surface area contributed by atoms with Crippen LogP contribution in [0, 0.1) is 0 Å². The van der Waals surface area contributed by atoms with Crippen LogP contribution in [0.4, 0.5) is 5.82 Å². The Morgan fingerprint density at radius 2 is 2.24 bits per heavy atom. The van der Waals surface area contributed by atoms with E-state index in [1.54, 1.807) is 18.5 Å². The van der Waals surface area contributed by atoms with Crippen molar-refractivity contribution in [1.29, 1.82) is 0 Å². The Hall–Kier alpha value is -2.41. The van der Waals surface area contributed by atoms with Crippen molar-refractivity contribution in [3.8, 4) is 11.5 Å². The van der Waals surface area contributed by atoms with Crippen LogP contribution in [0.25, 0.3) is 22.4 Å². The van der Waals surface area contributed by atoms with Crippen LogP contribution in [-0.4, -0.2) is 26.4 Å². The summed E-state index contributed by atoms with van der Waals surface area (Å²) in [6.45, 7) is 0.756. The molecular weight excluding hydrogens is 270 g/mol. The Balaban J connectivity index is 1.91. The SMILES string of the molecule is Nc1cc2c(-c3cnco3)nn(C3CCCCO3)c2cn1. The van der Waals surface area contributed by atoms with E-state index in [4.69, 9.17) is 14.9 Å². The van der Waals surface area contributed by atoms with Gasteiger partial charge in [-0.2, -0.15) is 5.10 Å². The van der Waals surface area contributed by atoms with Crippen LogP contribution in [0.5, 0.6) is 0 Å². The number of nitrogens with zero attached hydrogens (tertiary/aromatic N) is 4. The third-order valence-corrected chi connectivity index (χ3v) is 3.71. The topological polar surface area (TPSA) is 92.0 Å². The highest BCUT2D eigenvalue weighted by molar-refractivity contribution is 5.92. The zero-order valence-corrected chi connectivity index (χ0v) is 11.4. The zero-order chi connectivity index (χ0) is 14.2. The van der Waals surface area contributed by atoms with E-state index >= 15 is 0 Å². The maximum Gasteiger partial charge on any atom is 0.181 e. The van der Waals surface area contributed by atoms with E-state index in [1.807, 2.05) is 4.68 Å². The van der Waals surface area contributed by atoms with Crippen molar-refractivity contribution in [2.75, 3.05) is 12.3 Å². The Morgan fingerprint density at radius 3 is 3.00 bits per heavy atom. The van der Waals surface area contributed by atoms with Gasteiger partial charge in [-0.25, -0.2) is 14.6 Å². The third kappa shape index (κ3) is 2.06. The largest absolute Gasteiger partial charge is 0.442 e. The first-order valence-electron chi connectivity index (χ1n) is 6.97. The number of oxazole rings is 1. The highest BCUT2D eigenvalue weighted by atomic mass is 16.5. The van der Waals surface area contributed by atoms with Crippen LogP contribution in [0.15, 0.2) is 29.3 Å². The molecule has 1 atom stereocenters. The lowest BCUT2D eigenvalue weighted by molar-refractivity contribution is -0.0365. The molecule has 0 radical (unpaired) electrons. The summed E-state index contributed by atoms with van der Waals surface area (Å²) in [6, 6.07) is 1.81. The molecular formula is C14H15N5O2. The molecule has 1 saturated heterocycles. The standard InChI is InChI=1S/C14H15N5O2/c15-12-5-9-10(6-17-12)19(13-3-1-2-4-20-13)18-14(9)11-7-16-8-21-11/h5-8,13H,1-4H2,(H2,15,17). The van der Waals surface area contributed by atoms with E-state index in [2.05, 4.69) is 15.1 Å². The number of nitrogen functional groups attached to an aromatic ring is 1. The first-order valence-corrected chi connectivity index (χ1v) is 6.97. The monoisotopic (exact) mass is 285 g/mol. The number of fused-ring (bicyclic) bond motifs is 1. The van der Waals surface area contributed by atoms with Crippen molar-refractivity contribution >= 4 is 16.7 Å². The van der Waals surface area contributed by atoms with E-state index in [9.17, 15) is 0 Å². The molecule has 7 heteroatoms. The summed E-state index contributed by atoms with van der Waals surface area (Å²) in [6.07, 6.45) is 7.86. The molecule has 1 aliphatic rings. The average molecular weight is 285 g/mol. The van der Waals surface area contributed by atoms with Crippen LogP contribution in [0.3, 0.4) is 0 Å². The predicted octanol–water partition coefficient (Wildman–Crippen LogP) is 2.37. The van der Waals surface area contributed by atoms with Crippen LogP contribution in [0.1, 0.15) is 25.5 Å². The fourth-order valence-corrected chi connectivity index (χ4v) is 2.70. The summed E-state index contributed by atoms with van der Waals surface area (Å²) in [5.74, 6) is 1.06. The summed E-state index contributed by atoms with van der Waals surface area (Å²) in [5.41, 5.74) is 7.41. The van der Waals surface area contributed by atoms with Crippen molar-refractivity contribution in [2.24, 2.45) is 0 Å². The maximum absolute atomic E-state index is 5.83. The Morgan fingerprint density at radius 1 is 1.29 bits per heavy atom. The molecule has 3 aromatic rings. The van der Waals surface area contributed by atoms with Gasteiger partial charge in [0.05, 0.1) is 17.9 Å². The molecule has 2 N–H and O–H groups in total. The van der Waals surface area contributed by atoms with Gasteiger partial charge < -0.3 is 14.9 Å². The molecule has 0 bridgehead atoms. The number of hydrogen-bond acceptors (Lipinski definition) is 6. The van der Waals surface area contributed by atoms with Crippen LogP contribution >= 0.6 is 0 Å². The minimum Gasteiger partial charge on any atom is -0.442 e. The second-order valence-electron chi connectivity index (χ2n) is 5.11. The zero-order valence-electron chi connectivity index (χ0n) is 11.4. The molecule has 0 saturated carbocycles. The number of aromatic nitrogens is 4. The first-order chi connectivity index (χ1) is 10.3. The number of hydrogen-bond donors (Lipinski definition) is 1. The number of rotatable bonds is 2. The Labute approximate surface area is 120 Å². The van der Waals surface area contributed by atoms with Crippen molar-refractivity contribution < 1.29 is 9.15 Å². The lowest BCUT2D eigenvalue weighted by atomic mass is 10.2. The molecule has 0 aromatic carbocycles. The molecule has 4 heterocycles. The van der Waals surface area contributed by atoms with Gasteiger partial charge in [0.1, 0.15) is 11.5 Å². The van der Waals surface area contributed by atoms with E-state index in [-0.39, 0.29) is 6.23 Å². The fraction of sp³-hybridized carbons (Fsp3) is 0.357. The van der Waals surface area contributed by atoms with Gasteiger partial charge in [-0.1, -0.05) is 0 Å². The van der Waals surface area contributed by atoms with Gasteiger partial charge in [0.15, 0.2) is 18.4 Å². The molecule has 4 rings (SSSR count). The molecule has 3 aromatic heterocycles. The third-order valence-electron chi connectivity index (χ3n) is 3.71. The quantitative estimate of drug-likeness (QED) is 0.777. The van der Waals surface area contributed by atoms with Gasteiger partial charge in [0.25, 0.3) is 0 Å². The Bertz CT molecular complexity index is 759. The molecule has 0 aliphatic carbocycles. The van der Waals surface area contributed by atoms with Gasteiger partial charge in [0.2, 0.25) is 0 Å². The smallest absolute Gasteiger partial charge is 0.181 e. The van der Waals surface area contributed by atoms with Gasteiger partial charge in [-0.05, 0) is 25.3 Å². The number of anilines is 1. The number of nitrogens with two attached hydrogens (primary N) is 1. The minimum absolute atomic E-state index is 0.0663. The van der Waals surface area contributed by atoms with Crippen LogP contribution in [-0.2, 0) is 4.74 Å². The molecule has 1 fully saturated rings. The fourth-order valence-electron chi connectivity index (χ4n) is 2.70. The molecule has 0 amide bonds. The Kier molecular flexibility index (Phi) is 2.85. The van der Waals surface area contributed by atoms with E-state index in [1.165, 1.54) is 6.39 Å². The molecule has 0 spiro atoms. The van der Waals surface area contributed by atoms with E-state index < -0.39 is 0 Å². The molecule has 1 unspecified atom stereocenters. The molecule has 7 nitrogen and oxygen atoms in total. The van der Waals surface area contributed by atoms with E-state index in [0.717, 1.165) is 36.8 Å². The maximum atomic E-state index is 5.83. The van der Waals surface area contributed by atoms with Crippen molar-refractivity contribution in [1.82, 2.24) is 19.7 Å². The summed E-state index contributed by atoms with van der Waals surface area (Å²) in [5, 5.41) is 5.56. The van der Waals surface area contributed by atoms with Crippen LogP contribution in [0.2, 0.25) is 0 Å². The average Bonchev–Trinajstić information content (AvgIpc) is 3.14. The second kappa shape index (κ2) is 4.85. The number of ether oxygens (including phenoxy) is 1. The lowest BCUT2D eigenvalue weighted by Gasteiger charge is -2.23. The minimum atomic E-state index is -0.0663. The van der Waals surface area contributed by atoms with E-state index in [0.29, 0.717) is 17.3 Å². The highest BCUT2D eigenvalue weighted by Gasteiger charge is 2.23. The van der Waals surface area contributed by atoms with Crippen molar-refractivity contribution in [2.45, 2.75) is 25.5 Å². The predicted molar refractivity (Wildman–Crippen MR) is 76.3 cm³/mol. The van der Waals surface area contributed by atoms with Crippen molar-refractivity contribution in [3.05, 3.63) is 24.9 Å². The molecule has 21 heavy (non-hydrogen) atoms. The summed E-state index contributed by atoms with van der Waals surface area (Å²) in [7, 11) is 0. The lowest BCUT2D eigenvalue weighted by Crippen LogP contribution is -2.19. The van der Waals surface area contributed by atoms with Crippen molar-refractivity contribution in [3.63, 3.8) is 0 Å². The van der Waals surface area contributed by atoms with Gasteiger partial charge >= 0.3 is 0 Å². The summed E-state index contributed by atoms with van der Waals surface area (Å²) >= 11 is 0. The van der Waals surface area contributed by atoms with Gasteiger partial charge in [-0.15, -0.1) is 0 Å². The first kappa shape index (κ1) is 12.3. The van der Waals surface area contributed by atoms with Crippen LogP contribution < -0.4 is 5.73 Å². The molecule has 1 aliphatic heterocycles. The highest BCUT2D eigenvalue weighted by Crippen LogP contribution is 2.32. The molecule has 108 valence electrons. The van der Waals surface area contributed by atoms with Gasteiger partial charge in [-0.3, -0.25) is 0 Å². The normalized spacial score (nSPS) is 19.1. The second-order valence-corrected chi connectivity index (χ2v) is 5.11. The summed E-state index contributed by atoms with van der Waals surface area (Å²) < 4.78 is 13.1.